The van der Waals surface area contributed by atoms with Crippen LogP contribution in [0.15, 0.2) is 61.2 Å². The first kappa shape index (κ1) is 20.4. The molecule has 0 aliphatic carbocycles. The molecule has 0 radical (unpaired) electrons. The number of phenolic OH excluding ortho intramolecular Hbond substituents is 1. The minimum absolute atomic E-state index is 0.0964. The highest BCUT2D eigenvalue weighted by molar-refractivity contribution is 5.94. The summed E-state index contributed by atoms with van der Waals surface area (Å²) in [6.07, 6.45) is 3.11. The Kier molecular flexibility index (Phi) is 5.83. The highest BCUT2D eigenvalue weighted by Gasteiger charge is 2.25. The number of rotatable bonds is 4. The van der Waals surface area contributed by atoms with E-state index in [2.05, 4.69) is 15.4 Å². The van der Waals surface area contributed by atoms with E-state index in [4.69, 9.17) is 0 Å². The molecule has 9 nitrogen and oxygen atoms in total. The van der Waals surface area contributed by atoms with Gasteiger partial charge in [0.15, 0.2) is 0 Å². The number of aromatic nitrogens is 3. The fourth-order valence-corrected chi connectivity index (χ4v) is 3.52. The maximum absolute atomic E-state index is 12.7. The van der Waals surface area contributed by atoms with Gasteiger partial charge < -0.3 is 20.2 Å². The van der Waals surface area contributed by atoms with Gasteiger partial charge in [0.1, 0.15) is 18.4 Å². The fourth-order valence-electron chi connectivity index (χ4n) is 3.52. The van der Waals surface area contributed by atoms with Crippen LogP contribution in [0.2, 0.25) is 0 Å². The topological polar surface area (TPSA) is 104 Å². The van der Waals surface area contributed by atoms with E-state index in [1.165, 1.54) is 18.5 Å². The minimum atomic E-state index is -0.158. The van der Waals surface area contributed by atoms with E-state index in [0.29, 0.717) is 31.7 Å². The van der Waals surface area contributed by atoms with Crippen molar-refractivity contribution < 1.29 is 14.7 Å². The Labute approximate surface area is 179 Å². The monoisotopic (exact) mass is 420 g/mol. The highest BCUT2D eigenvalue weighted by atomic mass is 16.3. The molecule has 3 amide bonds. The number of phenols is 1. The molecule has 160 valence electrons. The average Bonchev–Trinajstić information content (AvgIpc) is 3.34. The standard InChI is InChI=1S/C22H24N6O3/c1-16(17-2-6-19(7-3-17)28-15-23-14-24-28)25-22(31)27-12-10-26(11-13-27)21(30)18-4-8-20(29)9-5-18/h2-9,14-16,29H,10-13H2,1H3,(H,25,31). The van der Waals surface area contributed by atoms with Gasteiger partial charge in [-0.1, -0.05) is 12.1 Å². The summed E-state index contributed by atoms with van der Waals surface area (Å²) in [7, 11) is 0. The van der Waals surface area contributed by atoms with Gasteiger partial charge in [-0.25, -0.2) is 14.5 Å². The molecular formula is C22H24N6O3. The van der Waals surface area contributed by atoms with Crippen LogP contribution < -0.4 is 5.32 Å². The molecule has 2 heterocycles. The Bertz CT molecular complexity index is 1030. The molecule has 2 N–H and O–H groups in total. The van der Waals surface area contributed by atoms with Gasteiger partial charge in [-0.3, -0.25) is 4.79 Å². The summed E-state index contributed by atoms with van der Waals surface area (Å²) in [5, 5.41) is 16.5. The lowest BCUT2D eigenvalue weighted by atomic mass is 10.1. The van der Waals surface area contributed by atoms with Gasteiger partial charge in [0.05, 0.1) is 11.7 Å². The molecule has 1 aromatic heterocycles. The summed E-state index contributed by atoms with van der Waals surface area (Å²) >= 11 is 0. The lowest BCUT2D eigenvalue weighted by Crippen LogP contribution is -2.53. The van der Waals surface area contributed by atoms with Crippen LogP contribution in [0.4, 0.5) is 4.79 Å². The maximum atomic E-state index is 12.7. The molecule has 9 heteroatoms. The summed E-state index contributed by atoms with van der Waals surface area (Å²) in [5.74, 6) is 0.0288. The van der Waals surface area contributed by atoms with Crippen molar-refractivity contribution in [2.45, 2.75) is 13.0 Å². The molecule has 1 unspecified atom stereocenters. The van der Waals surface area contributed by atoms with Crippen LogP contribution in [0, 0.1) is 0 Å². The van der Waals surface area contributed by atoms with Gasteiger partial charge in [0.2, 0.25) is 0 Å². The van der Waals surface area contributed by atoms with Crippen molar-refractivity contribution in [3.05, 3.63) is 72.3 Å². The molecule has 0 spiro atoms. The first-order chi connectivity index (χ1) is 15.0. The number of nitrogens with zero attached hydrogens (tertiary/aromatic N) is 5. The fraction of sp³-hybridized carbons (Fsp3) is 0.273. The zero-order valence-corrected chi connectivity index (χ0v) is 17.2. The lowest BCUT2D eigenvalue weighted by Gasteiger charge is -2.35. The van der Waals surface area contributed by atoms with Gasteiger partial charge in [-0.15, -0.1) is 0 Å². The minimum Gasteiger partial charge on any atom is -0.508 e. The summed E-state index contributed by atoms with van der Waals surface area (Å²) in [6.45, 7) is 3.80. The number of carbonyl (C=O) groups excluding carboxylic acids is 2. The third-order valence-electron chi connectivity index (χ3n) is 5.38. The summed E-state index contributed by atoms with van der Waals surface area (Å²) in [5.41, 5.74) is 2.41. The summed E-state index contributed by atoms with van der Waals surface area (Å²) in [4.78, 5) is 32.6. The Morgan fingerprint density at radius 2 is 1.61 bits per heavy atom. The van der Waals surface area contributed by atoms with Gasteiger partial charge >= 0.3 is 6.03 Å². The number of hydrogen-bond acceptors (Lipinski definition) is 5. The smallest absolute Gasteiger partial charge is 0.317 e. The molecule has 1 saturated heterocycles. The molecule has 31 heavy (non-hydrogen) atoms. The van der Waals surface area contributed by atoms with Crippen molar-refractivity contribution in [3.8, 4) is 11.4 Å². The number of amides is 3. The Morgan fingerprint density at radius 3 is 2.23 bits per heavy atom. The normalized spacial score (nSPS) is 14.9. The van der Waals surface area contributed by atoms with Crippen LogP contribution in [0.25, 0.3) is 5.69 Å². The number of benzene rings is 2. The van der Waals surface area contributed by atoms with Crippen LogP contribution >= 0.6 is 0 Å². The van der Waals surface area contributed by atoms with Crippen molar-refractivity contribution in [3.63, 3.8) is 0 Å². The Morgan fingerprint density at radius 1 is 0.968 bits per heavy atom. The molecule has 0 bridgehead atoms. The van der Waals surface area contributed by atoms with Gasteiger partial charge in [-0.2, -0.15) is 5.10 Å². The van der Waals surface area contributed by atoms with Gasteiger partial charge in [-0.05, 0) is 48.9 Å². The predicted molar refractivity (Wildman–Crippen MR) is 114 cm³/mol. The quantitative estimate of drug-likeness (QED) is 0.674. The molecular weight excluding hydrogens is 396 g/mol. The Balaban J connectivity index is 1.29. The third kappa shape index (κ3) is 4.66. The maximum Gasteiger partial charge on any atom is 0.317 e. The van der Waals surface area contributed by atoms with E-state index >= 15 is 0 Å². The molecule has 1 atom stereocenters. The zero-order valence-electron chi connectivity index (χ0n) is 17.2. The lowest BCUT2D eigenvalue weighted by molar-refractivity contribution is 0.0663. The molecule has 3 aromatic rings. The molecule has 0 saturated carbocycles. The number of carbonyl (C=O) groups is 2. The van der Waals surface area contributed by atoms with Crippen LogP contribution in [0.3, 0.4) is 0 Å². The molecule has 1 aliphatic rings. The summed E-state index contributed by atoms with van der Waals surface area (Å²) < 4.78 is 1.67. The van der Waals surface area contributed by atoms with Crippen molar-refractivity contribution in [1.29, 1.82) is 0 Å². The van der Waals surface area contributed by atoms with E-state index in [1.54, 1.807) is 32.9 Å². The van der Waals surface area contributed by atoms with Crippen LogP contribution in [-0.4, -0.2) is 67.8 Å². The number of nitrogens with one attached hydrogen (secondary N) is 1. The van der Waals surface area contributed by atoms with Crippen LogP contribution in [0.1, 0.15) is 28.9 Å². The van der Waals surface area contributed by atoms with Crippen molar-refractivity contribution in [2.75, 3.05) is 26.2 Å². The summed E-state index contributed by atoms with van der Waals surface area (Å²) in [6, 6.07) is 13.7. The molecule has 1 fully saturated rings. The first-order valence-corrected chi connectivity index (χ1v) is 10.1. The predicted octanol–water partition coefficient (Wildman–Crippen LogP) is 2.20. The molecule has 2 aromatic carbocycles. The van der Waals surface area contributed by atoms with E-state index in [9.17, 15) is 14.7 Å². The first-order valence-electron chi connectivity index (χ1n) is 10.1. The molecule has 4 rings (SSSR count). The number of hydrogen-bond donors (Lipinski definition) is 2. The van der Waals surface area contributed by atoms with Crippen molar-refractivity contribution >= 4 is 11.9 Å². The largest absolute Gasteiger partial charge is 0.508 e. The van der Waals surface area contributed by atoms with Crippen LogP contribution in [-0.2, 0) is 0 Å². The highest BCUT2D eigenvalue weighted by Crippen LogP contribution is 2.17. The van der Waals surface area contributed by atoms with E-state index in [0.717, 1.165) is 11.3 Å². The van der Waals surface area contributed by atoms with Crippen LogP contribution in [0.5, 0.6) is 5.75 Å². The third-order valence-corrected chi connectivity index (χ3v) is 5.38. The zero-order chi connectivity index (χ0) is 21.8. The second-order valence-electron chi connectivity index (χ2n) is 7.43. The Hall–Kier alpha value is -3.88. The van der Waals surface area contributed by atoms with Crippen molar-refractivity contribution in [1.82, 2.24) is 29.9 Å². The van der Waals surface area contributed by atoms with E-state index < -0.39 is 0 Å². The van der Waals surface area contributed by atoms with E-state index in [1.807, 2.05) is 31.2 Å². The number of urea groups is 1. The molecule has 1 aliphatic heterocycles. The van der Waals surface area contributed by atoms with E-state index in [-0.39, 0.29) is 23.7 Å². The second-order valence-corrected chi connectivity index (χ2v) is 7.43. The average molecular weight is 420 g/mol. The number of piperazine rings is 1. The van der Waals surface area contributed by atoms with Crippen molar-refractivity contribution in [2.24, 2.45) is 0 Å². The second kappa shape index (κ2) is 8.86. The number of aromatic hydroxyl groups is 1. The van der Waals surface area contributed by atoms with Gasteiger partial charge in [0, 0.05) is 31.7 Å². The SMILES string of the molecule is CC(NC(=O)N1CCN(C(=O)c2ccc(O)cc2)CC1)c1ccc(-n2cncn2)cc1. The van der Waals surface area contributed by atoms with Gasteiger partial charge in [0.25, 0.3) is 5.91 Å².